The van der Waals surface area contributed by atoms with Crippen LogP contribution in [0.1, 0.15) is 33.1 Å². The molecule has 0 aromatic rings. The van der Waals surface area contributed by atoms with E-state index in [0.29, 0.717) is 12.0 Å². The number of hydrogen-bond donors (Lipinski definition) is 1. The van der Waals surface area contributed by atoms with Crippen LogP contribution in [-0.2, 0) is 0 Å². The Bertz CT molecular complexity index is 176. The van der Waals surface area contributed by atoms with E-state index in [4.69, 9.17) is 0 Å². The molecule has 2 amide bonds. The van der Waals surface area contributed by atoms with Crippen LogP contribution in [0.25, 0.3) is 0 Å². The van der Waals surface area contributed by atoms with Gasteiger partial charge in [0.1, 0.15) is 0 Å². The molecule has 0 radical (unpaired) electrons. The van der Waals surface area contributed by atoms with Gasteiger partial charge in [-0.3, -0.25) is 0 Å². The Morgan fingerprint density at radius 2 is 2.15 bits per heavy atom. The second kappa shape index (κ2) is 4.49. The largest absolute Gasteiger partial charge is 0.335 e. The van der Waals surface area contributed by atoms with Crippen LogP contribution < -0.4 is 5.32 Å². The van der Waals surface area contributed by atoms with Crippen LogP contribution in [0.4, 0.5) is 4.79 Å². The predicted octanol–water partition coefficient (Wildman–Crippen LogP) is 1.84. The maximum atomic E-state index is 11.4. The van der Waals surface area contributed by atoms with Gasteiger partial charge in [-0.2, -0.15) is 0 Å². The first-order chi connectivity index (χ1) is 6.09. The third-order valence-corrected chi connectivity index (χ3v) is 2.29. The van der Waals surface area contributed by atoms with Crippen molar-refractivity contribution in [3.63, 3.8) is 0 Å². The van der Waals surface area contributed by atoms with Crippen LogP contribution >= 0.6 is 0 Å². The van der Waals surface area contributed by atoms with E-state index in [0.717, 1.165) is 25.8 Å². The lowest BCUT2D eigenvalue weighted by Gasteiger charge is -2.18. The third kappa shape index (κ3) is 4.15. The van der Waals surface area contributed by atoms with Crippen molar-refractivity contribution in [3.05, 3.63) is 0 Å². The van der Waals surface area contributed by atoms with E-state index in [1.165, 1.54) is 0 Å². The molecule has 0 aromatic heterocycles. The van der Waals surface area contributed by atoms with Gasteiger partial charge in [-0.1, -0.05) is 13.8 Å². The zero-order chi connectivity index (χ0) is 9.84. The van der Waals surface area contributed by atoms with Crippen LogP contribution in [0.2, 0.25) is 0 Å². The maximum Gasteiger partial charge on any atom is 0.317 e. The summed E-state index contributed by atoms with van der Waals surface area (Å²) in [5.41, 5.74) is 0. The summed E-state index contributed by atoms with van der Waals surface area (Å²) in [5.74, 6) is 0.663. The number of amides is 2. The molecule has 0 aliphatic heterocycles. The third-order valence-electron chi connectivity index (χ3n) is 2.29. The van der Waals surface area contributed by atoms with Gasteiger partial charge in [0.05, 0.1) is 0 Å². The summed E-state index contributed by atoms with van der Waals surface area (Å²) in [7, 11) is 1.86. The van der Waals surface area contributed by atoms with Crippen molar-refractivity contribution in [2.45, 2.75) is 39.2 Å². The summed E-state index contributed by atoms with van der Waals surface area (Å²) < 4.78 is 0. The van der Waals surface area contributed by atoms with Gasteiger partial charge in [0, 0.05) is 19.6 Å². The molecule has 13 heavy (non-hydrogen) atoms. The molecule has 0 bridgehead atoms. The van der Waals surface area contributed by atoms with Crippen LogP contribution in [0.3, 0.4) is 0 Å². The van der Waals surface area contributed by atoms with E-state index in [9.17, 15) is 4.79 Å². The van der Waals surface area contributed by atoms with Gasteiger partial charge in [0.25, 0.3) is 0 Å². The number of urea groups is 1. The number of carbonyl (C=O) groups excluding carboxylic acids is 1. The molecule has 1 N–H and O–H groups in total. The Balaban J connectivity index is 2.12. The number of nitrogens with one attached hydrogen (secondary N) is 1. The van der Waals surface area contributed by atoms with Gasteiger partial charge in [-0.25, -0.2) is 4.79 Å². The molecule has 3 heteroatoms. The summed E-state index contributed by atoms with van der Waals surface area (Å²) in [6.45, 7) is 5.20. The number of nitrogens with zero attached hydrogens (tertiary/aromatic N) is 1. The zero-order valence-electron chi connectivity index (χ0n) is 8.84. The zero-order valence-corrected chi connectivity index (χ0v) is 8.84. The standard InChI is InChI=1S/C10H20N2O/c1-8(2)6-7-12(3)10(13)11-9-4-5-9/h8-9H,4-7H2,1-3H3,(H,11,13). The second-order valence-corrected chi connectivity index (χ2v) is 4.33. The smallest absolute Gasteiger partial charge is 0.317 e. The van der Waals surface area contributed by atoms with E-state index >= 15 is 0 Å². The molecule has 0 atom stereocenters. The molecule has 3 nitrogen and oxygen atoms in total. The highest BCUT2D eigenvalue weighted by Crippen LogP contribution is 2.18. The molecule has 0 heterocycles. The van der Waals surface area contributed by atoms with Crippen molar-refractivity contribution >= 4 is 6.03 Å². The lowest BCUT2D eigenvalue weighted by atomic mass is 10.1. The first-order valence-corrected chi connectivity index (χ1v) is 5.11. The summed E-state index contributed by atoms with van der Waals surface area (Å²) in [5, 5.41) is 2.96. The fourth-order valence-corrected chi connectivity index (χ4v) is 1.07. The molecule has 0 aromatic carbocycles. The lowest BCUT2D eigenvalue weighted by Crippen LogP contribution is -2.39. The normalized spacial score (nSPS) is 16.0. The fraction of sp³-hybridized carbons (Fsp3) is 0.900. The fourth-order valence-electron chi connectivity index (χ4n) is 1.07. The Hall–Kier alpha value is -0.730. The molecule has 1 saturated carbocycles. The van der Waals surface area contributed by atoms with Crippen LogP contribution in [-0.4, -0.2) is 30.6 Å². The maximum absolute atomic E-state index is 11.4. The van der Waals surface area contributed by atoms with E-state index in [-0.39, 0.29) is 6.03 Å². The van der Waals surface area contributed by atoms with Gasteiger partial charge in [-0.15, -0.1) is 0 Å². The summed E-state index contributed by atoms with van der Waals surface area (Å²) in [6, 6.07) is 0.553. The van der Waals surface area contributed by atoms with E-state index < -0.39 is 0 Å². The molecule has 1 aliphatic carbocycles. The average Bonchev–Trinajstić information content (AvgIpc) is 2.83. The predicted molar refractivity (Wildman–Crippen MR) is 53.6 cm³/mol. The molecule has 1 rings (SSSR count). The first kappa shape index (κ1) is 10.4. The number of hydrogen-bond acceptors (Lipinski definition) is 1. The Morgan fingerprint density at radius 3 is 2.62 bits per heavy atom. The topological polar surface area (TPSA) is 32.3 Å². The van der Waals surface area contributed by atoms with Gasteiger partial charge >= 0.3 is 6.03 Å². The van der Waals surface area contributed by atoms with Gasteiger partial charge in [0.15, 0.2) is 0 Å². The van der Waals surface area contributed by atoms with Crippen molar-refractivity contribution in [3.8, 4) is 0 Å². The Kier molecular flexibility index (Phi) is 3.58. The van der Waals surface area contributed by atoms with E-state index in [1.807, 2.05) is 7.05 Å². The lowest BCUT2D eigenvalue weighted by molar-refractivity contribution is 0.206. The quantitative estimate of drug-likeness (QED) is 0.710. The van der Waals surface area contributed by atoms with Crippen LogP contribution in [0.15, 0.2) is 0 Å². The first-order valence-electron chi connectivity index (χ1n) is 5.11. The number of carbonyl (C=O) groups is 1. The van der Waals surface area contributed by atoms with Gasteiger partial charge in [-0.05, 0) is 25.2 Å². The summed E-state index contributed by atoms with van der Waals surface area (Å²) in [4.78, 5) is 13.2. The average molecular weight is 184 g/mol. The molecule has 76 valence electrons. The van der Waals surface area contributed by atoms with Crippen molar-refractivity contribution in [1.82, 2.24) is 10.2 Å². The minimum absolute atomic E-state index is 0.0863. The monoisotopic (exact) mass is 184 g/mol. The summed E-state index contributed by atoms with van der Waals surface area (Å²) in [6.07, 6.45) is 3.39. The van der Waals surface area contributed by atoms with Crippen LogP contribution in [0, 0.1) is 5.92 Å². The minimum Gasteiger partial charge on any atom is -0.335 e. The SMILES string of the molecule is CC(C)CCN(C)C(=O)NC1CC1. The van der Waals surface area contributed by atoms with Gasteiger partial charge < -0.3 is 10.2 Å². The van der Waals surface area contributed by atoms with Crippen molar-refractivity contribution < 1.29 is 4.79 Å². The Morgan fingerprint density at radius 1 is 1.54 bits per heavy atom. The van der Waals surface area contributed by atoms with E-state index in [1.54, 1.807) is 4.90 Å². The highest BCUT2D eigenvalue weighted by molar-refractivity contribution is 5.74. The molecular formula is C10H20N2O. The minimum atomic E-state index is 0.0863. The number of rotatable bonds is 4. The van der Waals surface area contributed by atoms with Crippen molar-refractivity contribution in [2.24, 2.45) is 5.92 Å². The second-order valence-electron chi connectivity index (χ2n) is 4.33. The molecule has 0 unspecified atom stereocenters. The summed E-state index contributed by atoms with van der Waals surface area (Å²) >= 11 is 0. The van der Waals surface area contributed by atoms with E-state index in [2.05, 4.69) is 19.2 Å². The highest BCUT2D eigenvalue weighted by Gasteiger charge is 2.24. The van der Waals surface area contributed by atoms with Crippen molar-refractivity contribution in [1.29, 1.82) is 0 Å². The molecule has 1 aliphatic rings. The molecular weight excluding hydrogens is 164 g/mol. The van der Waals surface area contributed by atoms with Gasteiger partial charge in [0.2, 0.25) is 0 Å². The molecule has 1 fully saturated rings. The van der Waals surface area contributed by atoms with Crippen molar-refractivity contribution in [2.75, 3.05) is 13.6 Å². The highest BCUT2D eigenvalue weighted by atomic mass is 16.2. The molecule has 0 saturated heterocycles. The Labute approximate surface area is 80.5 Å². The van der Waals surface area contributed by atoms with Crippen LogP contribution in [0.5, 0.6) is 0 Å². The molecule has 0 spiro atoms.